The van der Waals surface area contributed by atoms with Gasteiger partial charge in [-0.15, -0.1) is 0 Å². The molecule has 1 heterocycles. The van der Waals surface area contributed by atoms with E-state index in [0.717, 1.165) is 25.8 Å². The topological polar surface area (TPSA) is 66.6 Å². The first-order valence-electron chi connectivity index (χ1n) is 7.12. The molecular formula is C14H27N3O2. The molecule has 0 saturated carbocycles. The molecule has 0 aromatic rings. The maximum Gasteiger partial charge on any atom is 0.240 e. The summed E-state index contributed by atoms with van der Waals surface area (Å²) in [5.74, 6) is 0.198. The molecule has 1 rings (SSSR count). The van der Waals surface area contributed by atoms with Crippen LogP contribution in [0.1, 0.15) is 40.0 Å². The first-order valence-corrected chi connectivity index (χ1v) is 7.12. The molecule has 0 aromatic carbocycles. The minimum absolute atomic E-state index is 0.0247. The van der Waals surface area contributed by atoms with Crippen molar-refractivity contribution in [2.24, 2.45) is 11.7 Å². The van der Waals surface area contributed by atoms with E-state index in [1.54, 1.807) is 18.9 Å². The maximum atomic E-state index is 12.4. The summed E-state index contributed by atoms with van der Waals surface area (Å²) < 4.78 is 0. The van der Waals surface area contributed by atoms with Crippen molar-refractivity contribution in [3.8, 4) is 0 Å². The van der Waals surface area contributed by atoms with E-state index in [2.05, 4.69) is 0 Å². The van der Waals surface area contributed by atoms with Crippen molar-refractivity contribution in [3.05, 3.63) is 0 Å². The van der Waals surface area contributed by atoms with E-state index in [4.69, 9.17) is 5.73 Å². The lowest BCUT2D eigenvalue weighted by atomic mass is 9.97. The second-order valence-electron chi connectivity index (χ2n) is 5.85. The minimum Gasteiger partial charge on any atom is -0.344 e. The molecule has 0 spiro atoms. The highest BCUT2D eigenvalue weighted by atomic mass is 16.2. The van der Waals surface area contributed by atoms with Gasteiger partial charge in [0.1, 0.15) is 0 Å². The van der Waals surface area contributed by atoms with Crippen molar-refractivity contribution in [2.45, 2.75) is 52.1 Å². The number of carbonyl (C=O) groups excluding carboxylic acids is 2. The van der Waals surface area contributed by atoms with E-state index < -0.39 is 6.04 Å². The number of hydrogen-bond acceptors (Lipinski definition) is 3. The Hall–Kier alpha value is -1.10. The van der Waals surface area contributed by atoms with Crippen LogP contribution >= 0.6 is 0 Å². The van der Waals surface area contributed by atoms with Crippen LogP contribution in [0.15, 0.2) is 0 Å². The molecule has 1 saturated heterocycles. The van der Waals surface area contributed by atoms with Gasteiger partial charge in [0.05, 0.1) is 6.04 Å². The molecular weight excluding hydrogens is 242 g/mol. The fraction of sp³-hybridized carbons (Fsp3) is 0.857. The molecule has 0 bridgehead atoms. The largest absolute Gasteiger partial charge is 0.344 e. The number of hydrogen-bond donors (Lipinski definition) is 1. The van der Waals surface area contributed by atoms with Crippen LogP contribution in [0.5, 0.6) is 0 Å². The smallest absolute Gasteiger partial charge is 0.240 e. The third-order valence-electron chi connectivity index (χ3n) is 3.94. The molecule has 0 unspecified atom stereocenters. The average molecular weight is 269 g/mol. The Morgan fingerprint density at radius 1 is 1.37 bits per heavy atom. The second kappa shape index (κ2) is 6.89. The van der Waals surface area contributed by atoms with Gasteiger partial charge in [-0.05, 0) is 25.2 Å². The first-order chi connectivity index (χ1) is 8.84. The average Bonchev–Trinajstić information content (AvgIpc) is 2.37. The van der Waals surface area contributed by atoms with Crippen molar-refractivity contribution >= 4 is 11.8 Å². The number of likely N-dealkylation sites (N-methyl/N-ethyl adjacent to an activating group) is 1. The van der Waals surface area contributed by atoms with Crippen LogP contribution in [0, 0.1) is 5.92 Å². The Bertz CT molecular complexity index is 331. The number of nitrogens with zero attached hydrogens (tertiary/aromatic N) is 2. The van der Waals surface area contributed by atoms with Gasteiger partial charge in [-0.25, -0.2) is 0 Å². The Morgan fingerprint density at radius 3 is 2.53 bits per heavy atom. The summed E-state index contributed by atoms with van der Waals surface area (Å²) in [6.45, 7) is 6.84. The zero-order valence-corrected chi connectivity index (χ0v) is 12.6. The molecule has 0 radical (unpaired) electrons. The predicted octanol–water partition coefficient (Wildman–Crippen LogP) is 0.829. The summed E-state index contributed by atoms with van der Waals surface area (Å²) in [4.78, 5) is 27.3. The second-order valence-corrected chi connectivity index (χ2v) is 5.85. The van der Waals surface area contributed by atoms with Gasteiger partial charge in [-0.1, -0.05) is 13.8 Å². The quantitative estimate of drug-likeness (QED) is 0.822. The van der Waals surface area contributed by atoms with Crippen molar-refractivity contribution in [1.29, 1.82) is 0 Å². The Balaban J connectivity index is 2.72. The third-order valence-corrected chi connectivity index (χ3v) is 3.94. The number of nitrogens with two attached hydrogens (primary N) is 1. The van der Waals surface area contributed by atoms with Crippen LogP contribution in [0.4, 0.5) is 0 Å². The number of carbonyl (C=O) groups is 2. The Kier molecular flexibility index (Phi) is 5.79. The van der Waals surface area contributed by atoms with Crippen molar-refractivity contribution in [1.82, 2.24) is 9.80 Å². The van der Waals surface area contributed by atoms with E-state index in [-0.39, 0.29) is 23.8 Å². The predicted molar refractivity (Wildman–Crippen MR) is 75.5 cm³/mol. The molecule has 19 heavy (non-hydrogen) atoms. The fourth-order valence-corrected chi connectivity index (χ4v) is 2.40. The minimum atomic E-state index is -0.441. The molecule has 5 nitrogen and oxygen atoms in total. The monoisotopic (exact) mass is 269 g/mol. The molecule has 0 aromatic heterocycles. The molecule has 1 aliphatic rings. The summed E-state index contributed by atoms with van der Waals surface area (Å²) in [5, 5.41) is 0. The van der Waals surface area contributed by atoms with Crippen LogP contribution in [0.2, 0.25) is 0 Å². The van der Waals surface area contributed by atoms with Gasteiger partial charge in [0, 0.05) is 33.1 Å². The normalized spacial score (nSPS) is 21.4. The lowest BCUT2D eigenvalue weighted by Crippen LogP contribution is -2.55. The summed E-state index contributed by atoms with van der Waals surface area (Å²) in [5.41, 5.74) is 5.97. The summed E-state index contributed by atoms with van der Waals surface area (Å²) >= 11 is 0. The fourth-order valence-electron chi connectivity index (χ4n) is 2.40. The standard InChI is InChI=1S/C14H27N3O2/c1-10(2)13(15)14(19)17-8-6-5-7-12(17)9-16(4)11(3)18/h10,12-13H,5-9,15H2,1-4H3/t12-,13+/m1/s1. The molecule has 2 N–H and O–H groups in total. The van der Waals surface area contributed by atoms with Crippen molar-refractivity contribution < 1.29 is 9.59 Å². The molecule has 1 aliphatic heterocycles. The van der Waals surface area contributed by atoms with E-state index in [1.807, 2.05) is 18.7 Å². The summed E-state index contributed by atoms with van der Waals surface area (Å²) in [6.07, 6.45) is 3.09. The van der Waals surface area contributed by atoms with Gasteiger partial charge in [0.2, 0.25) is 11.8 Å². The highest BCUT2D eigenvalue weighted by Crippen LogP contribution is 2.19. The molecule has 2 atom stereocenters. The highest BCUT2D eigenvalue weighted by Gasteiger charge is 2.31. The van der Waals surface area contributed by atoms with Crippen LogP contribution < -0.4 is 5.73 Å². The maximum absolute atomic E-state index is 12.4. The van der Waals surface area contributed by atoms with Crippen LogP contribution in [-0.2, 0) is 9.59 Å². The number of amides is 2. The lowest BCUT2D eigenvalue weighted by Gasteiger charge is -2.39. The van der Waals surface area contributed by atoms with Crippen LogP contribution in [0.25, 0.3) is 0 Å². The van der Waals surface area contributed by atoms with E-state index in [0.29, 0.717) is 6.54 Å². The molecule has 0 aliphatic carbocycles. The number of rotatable bonds is 4. The molecule has 5 heteroatoms. The SMILES string of the molecule is CC(=O)N(C)C[C@H]1CCCCN1C(=O)[C@@H](N)C(C)C. The Labute approximate surface area is 116 Å². The van der Waals surface area contributed by atoms with E-state index >= 15 is 0 Å². The summed E-state index contributed by atoms with van der Waals surface area (Å²) in [7, 11) is 1.78. The van der Waals surface area contributed by atoms with Gasteiger partial charge in [-0.2, -0.15) is 0 Å². The zero-order chi connectivity index (χ0) is 14.6. The molecule has 2 amide bonds. The summed E-state index contributed by atoms with van der Waals surface area (Å²) in [6, 6.07) is -0.330. The van der Waals surface area contributed by atoms with Gasteiger partial charge in [-0.3, -0.25) is 9.59 Å². The van der Waals surface area contributed by atoms with Gasteiger partial charge >= 0.3 is 0 Å². The van der Waals surface area contributed by atoms with Crippen LogP contribution in [0.3, 0.4) is 0 Å². The first kappa shape index (κ1) is 16.0. The van der Waals surface area contributed by atoms with E-state index in [9.17, 15) is 9.59 Å². The third kappa shape index (κ3) is 4.20. The highest BCUT2D eigenvalue weighted by molar-refractivity contribution is 5.82. The van der Waals surface area contributed by atoms with Gasteiger partial charge in [0.25, 0.3) is 0 Å². The zero-order valence-electron chi connectivity index (χ0n) is 12.6. The molecule has 1 fully saturated rings. The number of likely N-dealkylation sites (tertiary alicyclic amines) is 1. The van der Waals surface area contributed by atoms with Crippen LogP contribution in [-0.4, -0.2) is 53.8 Å². The van der Waals surface area contributed by atoms with E-state index in [1.165, 1.54) is 0 Å². The Morgan fingerprint density at radius 2 is 2.00 bits per heavy atom. The van der Waals surface area contributed by atoms with Gasteiger partial charge in [0.15, 0.2) is 0 Å². The number of piperidine rings is 1. The van der Waals surface area contributed by atoms with Gasteiger partial charge < -0.3 is 15.5 Å². The lowest BCUT2D eigenvalue weighted by molar-refractivity contribution is -0.139. The molecule has 110 valence electrons. The van der Waals surface area contributed by atoms with Crippen molar-refractivity contribution in [3.63, 3.8) is 0 Å². The van der Waals surface area contributed by atoms with Crippen molar-refractivity contribution in [2.75, 3.05) is 20.1 Å².